The van der Waals surface area contributed by atoms with Crippen LogP contribution >= 0.6 is 0 Å². The number of hydrogen-bond donors (Lipinski definition) is 2. The maximum absolute atomic E-state index is 5.28. The third-order valence-electron chi connectivity index (χ3n) is 0.902. The van der Waals surface area contributed by atoms with E-state index in [1.807, 2.05) is 13.0 Å². The molecule has 0 aromatic heterocycles. The van der Waals surface area contributed by atoms with Crippen molar-refractivity contribution in [3.8, 4) is 0 Å². The van der Waals surface area contributed by atoms with Crippen molar-refractivity contribution in [3.05, 3.63) is 12.2 Å². The van der Waals surface area contributed by atoms with Gasteiger partial charge in [0.1, 0.15) is 0 Å². The lowest BCUT2D eigenvalue weighted by atomic mass is 10.2. The summed E-state index contributed by atoms with van der Waals surface area (Å²) in [6.45, 7) is 1.99. The maximum Gasteiger partial charge on any atom is 0.0523 e. The Labute approximate surface area is 50.6 Å². The highest BCUT2D eigenvalue weighted by molar-refractivity contribution is 4.77. The van der Waals surface area contributed by atoms with Crippen LogP contribution in [-0.4, -0.2) is 6.17 Å². The van der Waals surface area contributed by atoms with E-state index in [0.29, 0.717) is 0 Å². The molecule has 0 fully saturated rings. The molecule has 0 aliphatic carbocycles. The second-order valence-corrected chi connectivity index (χ2v) is 1.81. The largest absolute Gasteiger partial charge is 0.316 e. The molecule has 0 heterocycles. The van der Waals surface area contributed by atoms with E-state index in [9.17, 15) is 0 Å². The minimum Gasteiger partial charge on any atom is -0.316 e. The molecule has 2 heteroatoms. The first-order valence-electron chi connectivity index (χ1n) is 2.89. The molecule has 0 saturated carbocycles. The van der Waals surface area contributed by atoms with Gasteiger partial charge in [-0.25, -0.2) is 0 Å². The van der Waals surface area contributed by atoms with Gasteiger partial charge in [0.2, 0.25) is 0 Å². The van der Waals surface area contributed by atoms with E-state index in [4.69, 9.17) is 11.5 Å². The van der Waals surface area contributed by atoms with Crippen molar-refractivity contribution in [1.82, 2.24) is 0 Å². The molecular weight excluding hydrogens is 100 g/mol. The molecule has 0 rings (SSSR count). The quantitative estimate of drug-likeness (QED) is 0.416. The van der Waals surface area contributed by atoms with Crippen LogP contribution in [-0.2, 0) is 0 Å². The Balaban J connectivity index is 2.93. The van der Waals surface area contributed by atoms with E-state index in [2.05, 4.69) is 6.08 Å². The summed E-state index contributed by atoms with van der Waals surface area (Å²) < 4.78 is 0. The zero-order valence-electron chi connectivity index (χ0n) is 5.30. The van der Waals surface area contributed by atoms with Crippen molar-refractivity contribution >= 4 is 0 Å². The molecule has 4 N–H and O–H groups in total. The lowest BCUT2D eigenvalue weighted by Gasteiger charge is -1.98. The van der Waals surface area contributed by atoms with Crippen LogP contribution in [0.1, 0.15) is 19.8 Å². The molecule has 0 aromatic rings. The molecule has 0 unspecified atom stereocenters. The first-order valence-corrected chi connectivity index (χ1v) is 2.89. The molecule has 0 aliphatic rings. The SMILES string of the molecule is CC=CCCC(N)N. The van der Waals surface area contributed by atoms with Gasteiger partial charge in [-0.3, -0.25) is 0 Å². The second kappa shape index (κ2) is 4.81. The second-order valence-electron chi connectivity index (χ2n) is 1.81. The van der Waals surface area contributed by atoms with Crippen molar-refractivity contribution in [2.24, 2.45) is 11.5 Å². The smallest absolute Gasteiger partial charge is 0.0523 e. The zero-order chi connectivity index (χ0) is 6.41. The minimum absolute atomic E-state index is 0.147. The van der Waals surface area contributed by atoms with Crippen molar-refractivity contribution in [1.29, 1.82) is 0 Å². The van der Waals surface area contributed by atoms with Crippen molar-refractivity contribution in [3.63, 3.8) is 0 Å². The highest BCUT2D eigenvalue weighted by Crippen LogP contribution is 1.89. The maximum atomic E-state index is 5.28. The van der Waals surface area contributed by atoms with Crippen LogP contribution in [0.5, 0.6) is 0 Å². The van der Waals surface area contributed by atoms with E-state index < -0.39 is 0 Å². The van der Waals surface area contributed by atoms with E-state index in [1.165, 1.54) is 0 Å². The molecular formula is C6H14N2. The highest BCUT2D eigenvalue weighted by Gasteiger charge is 1.87. The van der Waals surface area contributed by atoms with Gasteiger partial charge in [0.15, 0.2) is 0 Å². The topological polar surface area (TPSA) is 52.0 Å². The van der Waals surface area contributed by atoms with Gasteiger partial charge in [0.05, 0.1) is 6.17 Å². The summed E-state index contributed by atoms with van der Waals surface area (Å²) in [6.07, 6.45) is 5.79. The van der Waals surface area contributed by atoms with Crippen LogP contribution in [0.2, 0.25) is 0 Å². The average Bonchev–Trinajstić information content (AvgIpc) is 1.66. The van der Waals surface area contributed by atoms with E-state index in [0.717, 1.165) is 12.8 Å². The van der Waals surface area contributed by atoms with Crippen LogP contribution in [0.25, 0.3) is 0 Å². The molecule has 0 aromatic carbocycles. The standard InChI is InChI=1S/C6H14N2/c1-2-3-4-5-6(7)8/h2-3,6H,4-5,7-8H2,1H3. The van der Waals surface area contributed by atoms with Gasteiger partial charge in [0, 0.05) is 0 Å². The Kier molecular flexibility index (Phi) is 4.61. The third kappa shape index (κ3) is 5.66. The van der Waals surface area contributed by atoms with Gasteiger partial charge in [-0.2, -0.15) is 0 Å². The molecule has 48 valence electrons. The first-order chi connectivity index (χ1) is 3.77. The summed E-state index contributed by atoms with van der Waals surface area (Å²) in [6, 6.07) is 0. The highest BCUT2D eigenvalue weighted by atomic mass is 14.8. The van der Waals surface area contributed by atoms with E-state index >= 15 is 0 Å². The number of nitrogens with two attached hydrogens (primary N) is 2. The summed E-state index contributed by atoms with van der Waals surface area (Å²) in [5.41, 5.74) is 10.6. The fourth-order valence-electron chi connectivity index (χ4n) is 0.455. The van der Waals surface area contributed by atoms with E-state index in [1.54, 1.807) is 0 Å². The summed E-state index contributed by atoms with van der Waals surface area (Å²) in [5.74, 6) is 0. The first kappa shape index (κ1) is 7.66. The van der Waals surface area contributed by atoms with Gasteiger partial charge in [-0.15, -0.1) is 0 Å². The molecule has 0 spiro atoms. The fraction of sp³-hybridized carbons (Fsp3) is 0.667. The molecule has 0 amide bonds. The molecule has 0 aliphatic heterocycles. The Morgan fingerprint density at radius 1 is 1.50 bits per heavy atom. The Morgan fingerprint density at radius 2 is 2.12 bits per heavy atom. The van der Waals surface area contributed by atoms with Crippen molar-refractivity contribution in [2.45, 2.75) is 25.9 Å². The lowest BCUT2D eigenvalue weighted by Crippen LogP contribution is -2.29. The molecule has 8 heavy (non-hydrogen) atoms. The monoisotopic (exact) mass is 114 g/mol. The van der Waals surface area contributed by atoms with Crippen molar-refractivity contribution < 1.29 is 0 Å². The third-order valence-corrected chi connectivity index (χ3v) is 0.902. The minimum atomic E-state index is -0.147. The summed E-state index contributed by atoms with van der Waals surface area (Å²) in [4.78, 5) is 0. The Morgan fingerprint density at radius 3 is 2.50 bits per heavy atom. The molecule has 0 saturated heterocycles. The van der Waals surface area contributed by atoms with Gasteiger partial charge in [0.25, 0.3) is 0 Å². The van der Waals surface area contributed by atoms with Crippen LogP contribution in [0.15, 0.2) is 12.2 Å². The molecule has 0 atom stereocenters. The van der Waals surface area contributed by atoms with Crippen LogP contribution in [0.3, 0.4) is 0 Å². The van der Waals surface area contributed by atoms with Gasteiger partial charge in [-0.1, -0.05) is 12.2 Å². The van der Waals surface area contributed by atoms with Gasteiger partial charge < -0.3 is 11.5 Å². The Bertz CT molecular complexity index is 66.9. The van der Waals surface area contributed by atoms with Crippen LogP contribution in [0.4, 0.5) is 0 Å². The normalized spacial score (nSPS) is 11.5. The fourth-order valence-corrected chi connectivity index (χ4v) is 0.455. The predicted molar refractivity (Wildman–Crippen MR) is 36.2 cm³/mol. The molecule has 0 radical (unpaired) electrons. The van der Waals surface area contributed by atoms with Crippen LogP contribution < -0.4 is 11.5 Å². The van der Waals surface area contributed by atoms with Crippen LogP contribution in [0, 0.1) is 0 Å². The summed E-state index contributed by atoms with van der Waals surface area (Å²) in [5, 5.41) is 0. The van der Waals surface area contributed by atoms with Gasteiger partial charge in [-0.05, 0) is 19.8 Å². The van der Waals surface area contributed by atoms with E-state index in [-0.39, 0.29) is 6.17 Å². The predicted octanol–water partition coefficient (Wildman–Crippen LogP) is 0.586. The number of rotatable bonds is 3. The summed E-state index contributed by atoms with van der Waals surface area (Å²) in [7, 11) is 0. The number of hydrogen-bond acceptors (Lipinski definition) is 2. The average molecular weight is 114 g/mol. The van der Waals surface area contributed by atoms with Gasteiger partial charge >= 0.3 is 0 Å². The molecule has 2 nitrogen and oxygen atoms in total. The molecule has 0 bridgehead atoms. The summed E-state index contributed by atoms with van der Waals surface area (Å²) >= 11 is 0. The zero-order valence-corrected chi connectivity index (χ0v) is 5.30. The van der Waals surface area contributed by atoms with Crippen molar-refractivity contribution in [2.75, 3.05) is 0 Å². The lowest BCUT2D eigenvalue weighted by molar-refractivity contribution is 0.647. The Hall–Kier alpha value is -0.340. The number of allylic oxidation sites excluding steroid dienone is 2.